The van der Waals surface area contributed by atoms with Crippen LogP contribution in [0.5, 0.6) is 0 Å². The third-order valence-corrected chi connectivity index (χ3v) is 4.22. The van der Waals surface area contributed by atoms with E-state index in [1.165, 1.54) is 5.56 Å². The van der Waals surface area contributed by atoms with Crippen molar-refractivity contribution in [1.82, 2.24) is 20.4 Å². The summed E-state index contributed by atoms with van der Waals surface area (Å²) >= 11 is 6.01. The fraction of sp³-hybridized carbons (Fsp3) is 0.200. The lowest BCUT2D eigenvalue weighted by Gasteiger charge is -2.12. The highest BCUT2D eigenvalue weighted by Gasteiger charge is 2.01. The molecule has 0 fully saturated rings. The van der Waals surface area contributed by atoms with Gasteiger partial charge in [-0.3, -0.25) is 4.99 Å². The van der Waals surface area contributed by atoms with E-state index >= 15 is 0 Å². The number of hydrogen-bond donors (Lipinski definition) is 2. The molecular formula is C20H22ClN5. The second-order valence-electron chi connectivity index (χ2n) is 5.85. The van der Waals surface area contributed by atoms with Gasteiger partial charge in [-0.25, -0.2) is 4.68 Å². The Morgan fingerprint density at radius 2 is 1.92 bits per heavy atom. The highest BCUT2D eigenvalue weighted by atomic mass is 35.5. The molecule has 0 spiro atoms. The molecule has 1 aromatic heterocycles. The van der Waals surface area contributed by atoms with Crippen LogP contribution in [0.1, 0.15) is 11.1 Å². The molecule has 0 saturated heterocycles. The maximum Gasteiger partial charge on any atom is 0.191 e. The maximum absolute atomic E-state index is 6.01. The van der Waals surface area contributed by atoms with Crippen molar-refractivity contribution in [1.29, 1.82) is 0 Å². The zero-order valence-corrected chi connectivity index (χ0v) is 15.4. The van der Waals surface area contributed by atoms with E-state index in [1.54, 1.807) is 13.2 Å². The van der Waals surface area contributed by atoms with Crippen molar-refractivity contribution in [3.63, 3.8) is 0 Å². The van der Waals surface area contributed by atoms with Gasteiger partial charge >= 0.3 is 0 Å². The molecule has 0 aliphatic rings. The van der Waals surface area contributed by atoms with Gasteiger partial charge in [-0.05, 0) is 47.9 Å². The van der Waals surface area contributed by atoms with E-state index < -0.39 is 0 Å². The largest absolute Gasteiger partial charge is 0.356 e. The van der Waals surface area contributed by atoms with Crippen molar-refractivity contribution in [2.75, 3.05) is 13.6 Å². The van der Waals surface area contributed by atoms with Gasteiger partial charge in [0, 0.05) is 37.6 Å². The van der Waals surface area contributed by atoms with Crippen molar-refractivity contribution in [3.05, 3.63) is 83.1 Å². The van der Waals surface area contributed by atoms with Gasteiger partial charge in [0.2, 0.25) is 0 Å². The van der Waals surface area contributed by atoms with Crippen LogP contribution in [0.15, 0.2) is 72.0 Å². The average molecular weight is 368 g/mol. The average Bonchev–Trinajstić information content (AvgIpc) is 3.20. The van der Waals surface area contributed by atoms with Gasteiger partial charge in [-0.15, -0.1) is 0 Å². The zero-order valence-electron chi connectivity index (χ0n) is 14.7. The lowest BCUT2D eigenvalue weighted by Crippen LogP contribution is -2.37. The van der Waals surface area contributed by atoms with Gasteiger partial charge in [0.25, 0.3) is 0 Å². The summed E-state index contributed by atoms with van der Waals surface area (Å²) in [7, 11) is 1.77. The van der Waals surface area contributed by atoms with Crippen LogP contribution < -0.4 is 10.6 Å². The molecule has 0 aliphatic heterocycles. The molecule has 26 heavy (non-hydrogen) atoms. The van der Waals surface area contributed by atoms with E-state index in [4.69, 9.17) is 11.6 Å². The summed E-state index contributed by atoms with van der Waals surface area (Å²) in [4.78, 5) is 4.25. The summed E-state index contributed by atoms with van der Waals surface area (Å²) in [5.74, 6) is 0.776. The number of halogens is 1. The SMILES string of the molecule is CN=C(NCCc1ccc(-n2cccn2)cc1)NCc1cccc(Cl)c1. The number of hydrogen-bond acceptors (Lipinski definition) is 2. The van der Waals surface area contributed by atoms with E-state index in [-0.39, 0.29) is 0 Å². The van der Waals surface area contributed by atoms with Gasteiger partial charge in [0.1, 0.15) is 0 Å². The molecule has 1 heterocycles. The van der Waals surface area contributed by atoms with Crippen LogP contribution in [0.3, 0.4) is 0 Å². The van der Waals surface area contributed by atoms with Crippen LogP contribution in [0.25, 0.3) is 5.69 Å². The lowest BCUT2D eigenvalue weighted by molar-refractivity contribution is 0.794. The van der Waals surface area contributed by atoms with Crippen LogP contribution in [0.4, 0.5) is 0 Å². The smallest absolute Gasteiger partial charge is 0.191 e. The highest BCUT2D eigenvalue weighted by molar-refractivity contribution is 6.30. The predicted molar refractivity (Wildman–Crippen MR) is 107 cm³/mol. The van der Waals surface area contributed by atoms with Gasteiger partial charge in [-0.1, -0.05) is 35.9 Å². The molecule has 0 atom stereocenters. The fourth-order valence-electron chi connectivity index (χ4n) is 2.62. The summed E-state index contributed by atoms with van der Waals surface area (Å²) in [6.45, 7) is 1.48. The Bertz CT molecular complexity index is 841. The third kappa shape index (κ3) is 5.10. The molecule has 0 aliphatic carbocycles. The van der Waals surface area contributed by atoms with Crippen LogP contribution in [-0.4, -0.2) is 29.3 Å². The first-order valence-electron chi connectivity index (χ1n) is 8.52. The lowest BCUT2D eigenvalue weighted by atomic mass is 10.1. The van der Waals surface area contributed by atoms with E-state index in [1.807, 2.05) is 41.2 Å². The molecule has 0 saturated carbocycles. The summed E-state index contributed by atoms with van der Waals surface area (Å²) in [6.07, 6.45) is 4.63. The van der Waals surface area contributed by atoms with Gasteiger partial charge in [-0.2, -0.15) is 5.10 Å². The van der Waals surface area contributed by atoms with E-state index in [2.05, 4.69) is 45.0 Å². The summed E-state index contributed by atoms with van der Waals surface area (Å²) in [5, 5.41) is 11.6. The number of aliphatic imine (C=N–C) groups is 1. The molecule has 0 radical (unpaired) electrons. The topological polar surface area (TPSA) is 54.2 Å². The molecule has 3 aromatic rings. The number of aromatic nitrogens is 2. The van der Waals surface area contributed by atoms with Crippen molar-refractivity contribution >= 4 is 17.6 Å². The highest BCUT2D eigenvalue weighted by Crippen LogP contribution is 2.10. The number of nitrogens with zero attached hydrogens (tertiary/aromatic N) is 3. The molecule has 134 valence electrons. The Labute approximate surface area is 158 Å². The Hall–Kier alpha value is -2.79. The van der Waals surface area contributed by atoms with Crippen molar-refractivity contribution in [3.8, 4) is 5.69 Å². The minimum Gasteiger partial charge on any atom is -0.356 e. The summed E-state index contributed by atoms with van der Waals surface area (Å²) in [5.41, 5.74) is 3.44. The van der Waals surface area contributed by atoms with Gasteiger partial charge in [0.05, 0.1) is 5.69 Å². The van der Waals surface area contributed by atoms with Gasteiger partial charge < -0.3 is 10.6 Å². The zero-order chi connectivity index (χ0) is 18.2. The number of nitrogens with one attached hydrogen (secondary N) is 2. The van der Waals surface area contributed by atoms with Crippen LogP contribution in [0, 0.1) is 0 Å². The Morgan fingerprint density at radius 3 is 2.62 bits per heavy atom. The fourth-order valence-corrected chi connectivity index (χ4v) is 2.83. The second kappa shape index (κ2) is 9.06. The van der Waals surface area contributed by atoms with Crippen LogP contribution >= 0.6 is 11.6 Å². The minimum absolute atomic E-state index is 0.679. The second-order valence-corrected chi connectivity index (χ2v) is 6.29. The quantitative estimate of drug-likeness (QED) is 0.518. The molecule has 3 rings (SSSR count). The molecule has 0 bridgehead atoms. The predicted octanol–water partition coefficient (Wildman–Crippen LogP) is 3.43. The first-order chi connectivity index (χ1) is 12.7. The van der Waals surface area contributed by atoms with E-state index in [0.29, 0.717) is 6.54 Å². The molecule has 6 heteroatoms. The first-order valence-corrected chi connectivity index (χ1v) is 8.90. The van der Waals surface area contributed by atoms with Crippen molar-refractivity contribution in [2.45, 2.75) is 13.0 Å². The van der Waals surface area contributed by atoms with E-state index in [0.717, 1.165) is 35.2 Å². The standard InChI is InChI=1S/C20H22ClN5/c1-22-20(24-15-17-4-2-5-18(21)14-17)23-12-10-16-6-8-19(9-7-16)26-13-3-11-25-26/h2-9,11,13-14H,10,12,15H2,1H3,(H2,22,23,24). The molecule has 0 unspecified atom stereocenters. The van der Waals surface area contributed by atoms with E-state index in [9.17, 15) is 0 Å². The Balaban J connectivity index is 1.45. The number of guanidine groups is 1. The third-order valence-electron chi connectivity index (χ3n) is 3.98. The van der Waals surface area contributed by atoms with Crippen LogP contribution in [0.2, 0.25) is 5.02 Å². The van der Waals surface area contributed by atoms with Crippen molar-refractivity contribution in [2.24, 2.45) is 4.99 Å². The van der Waals surface area contributed by atoms with Gasteiger partial charge in [0.15, 0.2) is 5.96 Å². The number of rotatable bonds is 6. The normalized spacial score (nSPS) is 11.4. The first kappa shape index (κ1) is 18.0. The molecule has 2 N–H and O–H groups in total. The van der Waals surface area contributed by atoms with Crippen molar-refractivity contribution < 1.29 is 0 Å². The summed E-state index contributed by atoms with van der Waals surface area (Å²) < 4.78 is 1.85. The maximum atomic E-state index is 6.01. The Kier molecular flexibility index (Phi) is 6.28. The van der Waals surface area contributed by atoms with Crippen LogP contribution in [-0.2, 0) is 13.0 Å². The molecular weight excluding hydrogens is 346 g/mol. The monoisotopic (exact) mass is 367 g/mol. The molecule has 5 nitrogen and oxygen atoms in total. The molecule has 2 aromatic carbocycles. The number of benzene rings is 2. The minimum atomic E-state index is 0.679. The molecule has 0 amide bonds. The Morgan fingerprint density at radius 1 is 1.08 bits per heavy atom. The summed E-state index contributed by atoms with van der Waals surface area (Å²) in [6, 6.07) is 18.1.